The van der Waals surface area contributed by atoms with Crippen molar-refractivity contribution in [2.24, 2.45) is 0 Å². The maximum absolute atomic E-state index is 12.6. The quantitative estimate of drug-likeness (QED) is 0.809. The number of hydrogen-bond donors (Lipinski definition) is 1. The van der Waals surface area contributed by atoms with Crippen LogP contribution in [-0.4, -0.2) is 40.9 Å². The predicted molar refractivity (Wildman–Crippen MR) is 79.8 cm³/mol. The van der Waals surface area contributed by atoms with Crippen molar-refractivity contribution in [3.05, 3.63) is 28.0 Å². The molecular formula is C15H16N2O6. The van der Waals surface area contributed by atoms with Crippen LogP contribution in [0, 0.1) is 0 Å². The molecule has 0 unspecified atom stereocenters. The van der Waals surface area contributed by atoms with Crippen LogP contribution in [0.1, 0.15) is 23.8 Å². The monoisotopic (exact) mass is 320 g/mol. The summed E-state index contributed by atoms with van der Waals surface area (Å²) < 4.78 is 17.0. The van der Waals surface area contributed by atoms with Gasteiger partial charge in [0, 0.05) is 12.6 Å². The lowest BCUT2D eigenvalue weighted by Crippen LogP contribution is -2.25. The van der Waals surface area contributed by atoms with Gasteiger partial charge in [-0.25, -0.2) is 4.79 Å². The summed E-state index contributed by atoms with van der Waals surface area (Å²) in [6, 6.07) is 3.24. The van der Waals surface area contributed by atoms with E-state index in [1.165, 1.54) is 0 Å². The zero-order valence-electron chi connectivity index (χ0n) is 12.6. The minimum atomic E-state index is -0.853. The molecule has 2 heterocycles. The van der Waals surface area contributed by atoms with Crippen LogP contribution in [0.3, 0.4) is 0 Å². The molecule has 8 heteroatoms. The van der Waals surface area contributed by atoms with Crippen LogP contribution < -0.4 is 14.9 Å². The summed E-state index contributed by atoms with van der Waals surface area (Å²) in [4.78, 5) is 24.5. The Hall–Kier alpha value is -2.61. The van der Waals surface area contributed by atoms with Crippen LogP contribution in [0.2, 0.25) is 0 Å². The Labute approximate surface area is 131 Å². The van der Waals surface area contributed by atoms with Gasteiger partial charge in [0.2, 0.25) is 17.9 Å². The fourth-order valence-corrected chi connectivity index (χ4v) is 2.40. The van der Waals surface area contributed by atoms with E-state index < -0.39 is 11.4 Å². The van der Waals surface area contributed by atoms with Gasteiger partial charge in [0.05, 0.1) is 17.5 Å². The number of benzene rings is 1. The number of ether oxygens (including phenoxy) is 3. The fourth-order valence-electron chi connectivity index (χ4n) is 2.40. The molecule has 0 atom stereocenters. The lowest BCUT2D eigenvalue weighted by Gasteiger charge is -2.11. The molecule has 0 spiro atoms. The Kier molecular flexibility index (Phi) is 4.16. The van der Waals surface area contributed by atoms with Gasteiger partial charge in [-0.15, -0.1) is 0 Å². The van der Waals surface area contributed by atoms with Crippen LogP contribution in [0.4, 0.5) is 0 Å². The molecule has 0 saturated carbocycles. The number of carbonyl (C=O) groups is 1. The molecular weight excluding hydrogens is 304 g/mol. The summed E-state index contributed by atoms with van der Waals surface area (Å²) in [6.45, 7) is 2.07. The Balaban J connectivity index is 2.19. The molecule has 2 aromatic rings. The molecule has 8 nitrogen and oxygen atoms in total. The number of nitrogens with zero attached hydrogens (tertiary/aromatic N) is 2. The van der Waals surface area contributed by atoms with Gasteiger partial charge in [-0.3, -0.25) is 9.48 Å². The standard InChI is InChI=1S/C15H16N2O6/c1-2-3-17-10-7-12-11(22-8-23-12)6-9(10)14(19)13(16-17)15(20)21-5-4-18/h6-7,18H,2-5,8H2,1H3. The first-order valence-electron chi connectivity index (χ1n) is 7.28. The average Bonchev–Trinajstić information content (AvgIpc) is 3.01. The first-order chi connectivity index (χ1) is 11.2. The second kappa shape index (κ2) is 6.25. The van der Waals surface area contributed by atoms with E-state index in [0.717, 1.165) is 6.42 Å². The maximum atomic E-state index is 12.6. The predicted octanol–water partition coefficient (Wildman–Crippen LogP) is 0.684. The lowest BCUT2D eigenvalue weighted by atomic mass is 10.1. The first-order valence-corrected chi connectivity index (χ1v) is 7.28. The van der Waals surface area contributed by atoms with Crippen LogP contribution in [0.5, 0.6) is 11.5 Å². The summed E-state index contributed by atoms with van der Waals surface area (Å²) in [6.07, 6.45) is 0.768. The van der Waals surface area contributed by atoms with E-state index in [1.807, 2.05) is 6.92 Å². The van der Waals surface area contributed by atoms with Gasteiger partial charge in [0.1, 0.15) is 6.61 Å². The molecule has 3 rings (SSSR count). The maximum Gasteiger partial charge on any atom is 0.363 e. The molecule has 0 fully saturated rings. The highest BCUT2D eigenvalue weighted by molar-refractivity contribution is 5.92. The highest BCUT2D eigenvalue weighted by atomic mass is 16.7. The van der Waals surface area contributed by atoms with Crippen LogP contribution in [0.25, 0.3) is 10.9 Å². The molecule has 0 amide bonds. The number of aliphatic hydroxyl groups is 1. The normalized spacial score (nSPS) is 12.6. The number of aryl methyl sites for hydroxylation is 1. The third kappa shape index (κ3) is 2.72. The Morgan fingerprint density at radius 1 is 1.39 bits per heavy atom. The van der Waals surface area contributed by atoms with Gasteiger partial charge >= 0.3 is 5.97 Å². The number of carbonyl (C=O) groups excluding carboxylic acids is 1. The molecule has 1 N–H and O–H groups in total. The number of esters is 1. The minimum absolute atomic E-state index is 0.0897. The van der Waals surface area contributed by atoms with E-state index in [4.69, 9.17) is 19.3 Å². The van der Waals surface area contributed by atoms with Gasteiger partial charge < -0.3 is 19.3 Å². The highest BCUT2D eigenvalue weighted by Crippen LogP contribution is 2.35. The Bertz CT molecular complexity index is 814. The van der Waals surface area contributed by atoms with Gasteiger partial charge in [-0.05, 0) is 12.5 Å². The molecule has 0 bridgehead atoms. The molecule has 1 aliphatic heterocycles. The SMILES string of the molecule is CCCn1nc(C(=O)OCCO)c(=O)c2cc3c(cc21)OCO3. The molecule has 0 saturated heterocycles. The second-order valence-electron chi connectivity index (χ2n) is 4.98. The van der Waals surface area contributed by atoms with E-state index >= 15 is 0 Å². The summed E-state index contributed by atoms with van der Waals surface area (Å²) >= 11 is 0. The Morgan fingerprint density at radius 2 is 2.13 bits per heavy atom. The van der Waals surface area contributed by atoms with Crippen LogP contribution in [0.15, 0.2) is 16.9 Å². The molecule has 122 valence electrons. The minimum Gasteiger partial charge on any atom is -0.458 e. The topological polar surface area (TPSA) is 99.9 Å². The molecule has 0 radical (unpaired) electrons. The van der Waals surface area contributed by atoms with E-state index in [2.05, 4.69) is 5.10 Å². The van der Waals surface area contributed by atoms with Crippen molar-refractivity contribution in [3.63, 3.8) is 0 Å². The van der Waals surface area contributed by atoms with Crippen molar-refractivity contribution in [3.8, 4) is 11.5 Å². The zero-order chi connectivity index (χ0) is 16.4. The van der Waals surface area contributed by atoms with E-state index in [0.29, 0.717) is 28.9 Å². The lowest BCUT2D eigenvalue weighted by molar-refractivity contribution is 0.0423. The van der Waals surface area contributed by atoms with Crippen molar-refractivity contribution in [1.29, 1.82) is 0 Å². The number of rotatable bonds is 5. The third-order valence-corrected chi connectivity index (χ3v) is 3.40. The fraction of sp³-hybridized carbons (Fsp3) is 0.400. The Morgan fingerprint density at radius 3 is 2.83 bits per heavy atom. The molecule has 1 aliphatic rings. The summed E-state index contributed by atoms with van der Waals surface area (Å²) in [5.41, 5.74) is -0.272. The van der Waals surface area contributed by atoms with E-state index in [9.17, 15) is 9.59 Å². The molecule has 1 aromatic heterocycles. The summed E-state index contributed by atoms with van der Waals surface area (Å²) in [5, 5.41) is 13.2. The smallest absolute Gasteiger partial charge is 0.363 e. The largest absolute Gasteiger partial charge is 0.458 e. The van der Waals surface area contributed by atoms with E-state index in [1.54, 1.807) is 16.8 Å². The zero-order valence-corrected chi connectivity index (χ0v) is 12.6. The number of aromatic nitrogens is 2. The van der Waals surface area contributed by atoms with Crippen molar-refractivity contribution in [2.45, 2.75) is 19.9 Å². The van der Waals surface area contributed by atoms with Gasteiger partial charge in [-0.1, -0.05) is 6.92 Å². The van der Waals surface area contributed by atoms with Crippen molar-refractivity contribution in [2.75, 3.05) is 20.0 Å². The van der Waals surface area contributed by atoms with Crippen LogP contribution >= 0.6 is 0 Å². The van der Waals surface area contributed by atoms with Gasteiger partial charge in [-0.2, -0.15) is 5.10 Å². The molecule has 23 heavy (non-hydrogen) atoms. The summed E-state index contributed by atoms with van der Waals surface area (Å²) in [7, 11) is 0. The van der Waals surface area contributed by atoms with Gasteiger partial charge in [0.25, 0.3) is 0 Å². The van der Waals surface area contributed by atoms with Crippen molar-refractivity contribution in [1.82, 2.24) is 9.78 Å². The highest BCUT2D eigenvalue weighted by Gasteiger charge is 2.22. The van der Waals surface area contributed by atoms with Gasteiger partial charge in [0.15, 0.2) is 11.5 Å². The summed E-state index contributed by atoms with van der Waals surface area (Å²) in [5.74, 6) is 0.145. The molecule has 1 aromatic carbocycles. The number of aliphatic hydroxyl groups excluding tert-OH is 1. The van der Waals surface area contributed by atoms with Crippen LogP contribution in [-0.2, 0) is 11.3 Å². The van der Waals surface area contributed by atoms with E-state index in [-0.39, 0.29) is 25.7 Å². The second-order valence-corrected chi connectivity index (χ2v) is 4.98. The third-order valence-electron chi connectivity index (χ3n) is 3.40. The average molecular weight is 320 g/mol. The first kappa shape index (κ1) is 15.3. The number of hydrogen-bond acceptors (Lipinski definition) is 7. The van der Waals surface area contributed by atoms with Crippen molar-refractivity contribution < 1.29 is 24.1 Å². The van der Waals surface area contributed by atoms with Crippen molar-refractivity contribution >= 4 is 16.9 Å². The molecule has 0 aliphatic carbocycles. The number of fused-ring (bicyclic) bond motifs is 2.